The normalized spacial score (nSPS) is 30.8. The summed E-state index contributed by atoms with van der Waals surface area (Å²) in [5, 5.41) is 8.00. The van der Waals surface area contributed by atoms with E-state index < -0.39 is 0 Å². The van der Waals surface area contributed by atoms with Crippen LogP contribution in [0.4, 0.5) is 5.69 Å². The fourth-order valence-corrected chi connectivity index (χ4v) is 3.79. The minimum absolute atomic E-state index is 0.470. The van der Waals surface area contributed by atoms with Crippen LogP contribution in [-0.4, -0.2) is 18.8 Å². The van der Waals surface area contributed by atoms with Crippen molar-refractivity contribution < 1.29 is 4.74 Å². The summed E-state index contributed by atoms with van der Waals surface area (Å²) in [5.74, 6) is 0. The summed E-state index contributed by atoms with van der Waals surface area (Å²) in [6, 6.07) is 2.82. The molecule has 2 aliphatic carbocycles. The van der Waals surface area contributed by atoms with Crippen LogP contribution in [0.2, 0.25) is 0 Å². The number of hydrogen-bond acceptors (Lipinski definition) is 3. The van der Waals surface area contributed by atoms with Crippen LogP contribution in [0.1, 0.15) is 32.6 Å². The van der Waals surface area contributed by atoms with E-state index in [0.717, 1.165) is 6.61 Å². The average Bonchev–Trinajstić information content (AvgIpc) is 2.66. The van der Waals surface area contributed by atoms with Crippen LogP contribution in [0, 0.1) is 5.41 Å². The zero-order valence-corrected chi connectivity index (χ0v) is 10.6. The van der Waals surface area contributed by atoms with Crippen LogP contribution in [0.3, 0.4) is 0 Å². The molecule has 0 aliphatic heterocycles. The van der Waals surface area contributed by atoms with Gasteiger partial charge in [-0.15, -0.1) is 0 Å². The summed E-state index contributed by atoms with van der Waals surface area (Å²) < 4.78 is 5.85. The maximum atomic E-state index is 5.85. The van der Waals surface area contributed by atoms with E-state index in [2.05, 4.69) is 29.1 Å². The van der Waals surface area contributed by atoms with Crippen LogP contribution in [-0.2, 0) is 4.74 Å². The van der Waals surface area contributed by atoms with Gasteiger partial charge in [0, 0.05) is 29.1 Å². The number of rotatable bonds is 4. The second-order valence-electron chi connectivity index (χ2n) is 4.98. The molecule has 1 aromatic heterocycles. The van der Waals surface area contributed by atoms with E-state index in [0.29, 0.717) is 17.6 Å². The van der Waals surface area contributed by atoms with Crippen molar-refractivity contribution in [3.63, 3.8) is 0 Å². The van der Waals surface area contributed by atoms with E-state index in [1.165, 1.54) is 31.4 Å². The minimum Gasteiger partial charge on any atom is -0.381 e. The number of ether oxygens (including phenoxy) is 1. The third kappa shape index (κ3) is 1.49. The smallest absolute Gasteiger partial charge is 0.0670 e. The van der Waals surface area contributed by atoms with Crippen molar-refractivity contribution in [2.24, 2.45) is 5.41 Å². The molecule has 16 heavy (non-hydrogen) atoms. The molecular weight excluding hydrogens is 218 g/mol. The molecule has 0 bridgehead atoms. The molecule has 2 nitrogen and oxygen atoms in total. The van der Waals surface area contributed by atoms with Gasteiger partial charge in [-0.1, -0.05) is 6.42 Å². The van der Waals surface area contributed by atoms with Gasteiger partial charge in [0.2, 0.25) is 0 Å². The summed E-state index contributed by atoms with van der Waals surface area (Å²) in [5.41, 5.74) is 1.76. The maximum absolute atomic E-state index is 5.85. The van der Waals surface area contributed by atoms with E-state index in [9.17, 15) is 0 Å². The first kappa shape index (κ1) is 10.6. The highest BCUT2D eigenvalue weighted by molar-refractivity contribution is 7.08. The Balaban J connectivity index is 1.65. The highest BCUT2D eigenvalue weighted by Gasteiger charge is 2.58. The average molecular weight is 237 g/mol. The second-order valence-corrected chi connectivity index (χ2v) is 5.76. The first-order chi connectivity index (χ1) is 7.85. The van der Waals surface area contributed by atoms with Gasteiger partial charge in [-0.2, -0.15) is 11.3 Å². The Kier molecular flexibility index (Phi) is 2.68. The van der Waals surface area contributed by atoms with Crippen molar-refractivity contribution in [1.82, 2.24) is 0 Å². The van der Waals surface area contributed by atoms with Crippen LogP contribution in [0.5, 0.6) is 0 Å². The molecule has 2 aliphatic rings. The quantitative estimate of drug-likeness (QED) is 0.865. The van der Waals surface area contributed by atoms with Crippen molar-refractivity contribution in [3.8, 4) is 0 Å². The molecule has 1 spiro atoms. The van der Waals surface area contributed by atoms with E-state index in [1.54, 1.807) is 11.3 Å². The van der Waals surface area contributed by atoms with Crippen molar-refractivity contribution >= 4 is 17.0 Å². The third-order valence-electron chi connectivity index (χ3n) is 4.30. The molecule has 1 N–H and O–H groups in total. The van der Waals surface area contributed by atoms with E-state index in [4.69, 9.17) is 4.74 Å². The molecule has 3 heteroatoms. The monoisotopic (exact) mass is 237 g/mol. The lowest BCUT2D eigenvalue weighted by Gasteiger charge is -2.61. The van der Waals surface area contributed by atoms with Crippen molar-refractivity contribution in [1.29, 1.82) is 0 Å². The molecule has 0 aromatic carbocycles. The lowest BCUT2D eigenvalue weighted by Crippen LogP contribution is -2.64. The van der Waals surface area contributed by atoms with Crippen LogP contribution < -0.4 is 5.32 Å². The summed E-state index contributed by atoms with van der Waals surface area (Å²) in [6.45, 7) is 2.96. The molecule has 2 fully saturated rings. The van der Waals surface area contributed by atoms with Crippen molar-refractivity contribution in [3.05, 3.63) is 16.8 Å². The molecule has 1 aromatic rings. The molecule has 2 atom stereocenters. The predicted octanol–water partition coefficient (Wildman–Crippen LogP) is 3.51. The minimum atomic E-state index is 0.470. The van der Waals surface area contributed by atoms with Gasteiger partial charge < -0.3 is 10.1 Å². The Bertz CT molecular complexity index is 345. The maximum Gasteiger partial charge on any atom is 0.0670 e. The summed E-state index contributed by atoms with van der Waals surface area (Å²) in [6.07, 6.45) is 5.77. The Morgan fingerprint density at radius 1 is 1.56 bits per heavy atom. The molecule has 88 valence electrons. The predicted molar refractivity (Wildman–Crippen MR) is 68.0 cm³/mol. The van der Waals surface area contributed by atoms with E-state index in [1.807, 2.05) is 0 Å². The van der Waals surface area contributed by atoms with Gasteiger partial charge in [-0.05, 0) is 37.6 Å². The molecule has 2 saturated carbocycles. The molecule has 0 saturated heterocycles. The fourth-order valence-electron chi connectivity index (χ4n) is 3.19. The summed E-state index contributed by atoms with van der Waals surface area (Å²) in [4.78, 5) is 0. The van der Waals surface area contributed by atoms with Crippen molar-refractivity contribution in [2.45, 2.75) is 44.8 Å². The number of hydrogen-bond donors (Lipinski definition) is 1. The van der Waals surface area contributed by atoms with Crippen molar-refractivity contribution in [2.75, 3.05) is 11.9 Å². The molecule has 3 rings (SSSR count). The molecule has 2 unspecified atom stereocenters. The number of anilines is 1. The molecule has 0 amide bonds. The second kappa shape index (κ2) is 4.04. The Hall–Kier alpha value is -0.540. The highest BCUT2D eigenvalue weighted by Crippen LogP contribution is 2.58. The number of thiophene rings is 1. The zero-order chi connectivity index (χ0) is 11.0. The van der Waals surface area contributed by atoms with Crippen LogP contribution in [0.15, 0.2) is 16.8 Å². The highest BCUT2D eigenvalue weighted by atomic mass is 32.1. The van der Waals surface area contributed by atoms with Crippen LogP contribution in [0.25, 0.3) is 0 Å². The van der Waals surface area contributed by atoms with Gasteiger partial charge in [0.25, 0.3) is 0 Å². The standard InChI is InChI=1S/C13H19NOS/c1-2-15-12-8-11(13(12)5-3-6-13)14-10-4-7-16-9-10/h4,7,9,11-12,14H,2-3,5-6,8H2,1H3. The lowest BCUT2D eigenvalue weighted by molar-refractivity contribution is -0.157. The Morgan fingerprint density at radius 2 is 2.44 bits per heavy atom. The SMILES string of the molecule is CCOC1CC(Nc2ccsc2)C12CCC2. The molecular formula is C13H19NOS. The summed E-state index contributed by atoms with van der Waals surface area (Å²) in [7, 11) is 0. The van der Waals surface area contributed by atoms with Gasteiger partial charge >= 0.3 is 0 Å². The Labute approximate surface area is 101 Å². The van der Waals surface area contributed by atoms with Gasteiger partial charge in [-0.25, -0.2) is 0 Å². The zero-order valence-electron chi connectivity index (χ0n) is 9.74. The van der Waals surface area contributed by atoms with Gasteiger partial charge in [0.1, 0.15) is 0 Å². The first-order valence-electron chi connectivity index (χ1n) is 6.25. The van der Waals surface area contributed by atoms with Gasteiger partial charge in [0.15, 0.2) is 0 Å². The molecule has 1 heterocycles. The van der Waals surface area contributed by atoms with Gasteiger partial charge in [-0.3, -0.25) is 0 Å². The van der Waals surface area contributed by atoms with Gasteiger partial charge in [0.05, 0.1) is 6.10 Å². The summed E-state index contributed by atoms with van der Waals surface area (Å²) >= 11 is 1.76. The lowest BCUT2D eigenvalue weighted by atomic mass is 9.51. The largest absolute Gasteiger partial charge is 0.381 e. The van der Waals surface area contributed by atoms with E-state index in [-0.39, 0.29) is 0 Å². The Morgan fingerprint density at radius 3 is 3.00 bits per heavy atom. The number of nitrogens with one attached hydrogen (secondary N) is 1. The topological polar surface area (TPSA) is 21.3 Å². The van der Waals surface area contributed by atoms with Crippen LogP contribution >= 0.6 is 11.3 Å². The first-order valence-corrected chi connectivity index (χ1v) is 7.20. The van der Waals surface area contributed by atoms with E-state index >= 15 is 0 Å². The third-order valence-corrected chi connectivity index (χ3v) is 4.98. The molecule has 0 radical (unpaired) electrons. The fraction of sp³-hybridized carbons (Fsp3) is 0.692.